The minimum atomic E-state index is -0.961. The van der Waals surface area contributed by atoms with E-state index in [0.717, 1.165) is 11.3 Å². The number of nitrogens with one attached hydrogen (secondary N) is 2. The summed E-state index contributed by atoms with van der Waals surface area (Å²) in [6.45, 7) is 12.5. The first kappa shape index (κ1) is 18.7. The molecule has 0 saturated heterocycles. The smallest absolute Gasteiger partial charge is 0.319 e. The van der Waals surface area contributed by atoms with E-state index in [-0.39, 0.29) is 16.2 Å². The Morgan fingerprint density at radius 3 is 2.23 bits per heavy atom. The van der Waals surface area contributed by atoms with E-state index in [9.17, 15) is 9.00 Å². The molecule has 0 bridgehead atoms. The largest absolute Gasteiger partial charge is 0.337 e. The molecule has 0 fully saturated rings. The van der Waals surface area contributed by atoms with Gasteiger partial charge >= 0.3 is 6.03 Å². The second-order valence-electron chi connectivity index (χ2n) is 7.34. The fraction of sp³-hybridized carbons (Fsp3) is 0.588. The maximum absolute atomic E-state index is 12.0. The normalized spacial score (nSPS) is 13.5. The average molecular weight is 324 g/mol. The highest BCUT2D eigenvalue weighted by atomic mass is 32.2. The van der Waals surface area contributed by atoms with Gasteiger partial charge in [0.15, 0.2) is 0 Å². The summed E-state index contributed by atoms with van der Waals surface area (Å²) < 4.78 is 11.7. The minimum absolute atomic E-state index is 0.0440. The molecule has 0 aliphatic heterocycles. The fourth-order valence-electron chi connectivity index (χ4n) is 1.98. The third kappa shape index (κ3) is 5.79. The van der Waals surface area contributed by atoms with Crippen molar-refractivity contribution in [2.75, 3.05) is 17.6 Å². The molecule has 0 radical (unpaired) electrons. The second-order valence-corrected chi connectivity index (χ2v) is 9.66. The summed E-state index contributed by atoms with van der Waals surface area (Å²) in [7, 11) is -0.961. The molecule has 1 rings (SSSR count). The van der Waals surface area contributed by atoms with E-state index >= 15 is 0 Å². The summed E-state index contributed by atoms with van der Waals surface area (Å²) in [6.07, 6.45) is 0. The summed E-state index contributed by atoms with van der Waals surface area (Å²) >= 11 is 0. The summed E-state index contributed by atoms with van der Waals surface area (Å²) in [4.78, 5) is 12.0. The number of anilines is 1. The van der Waals surface area contributed by atoms with Crippen molar-refractivity contribution in [3.8, 4) is 0 Å². The van der Waals surface area contributed by atoms with E-state index in [0.29, 0.717) is 12.3 Å². The first-order chi connectivity index (χ1) is 10.0. The highest BCUT2D eigenvalue weighted by molar-refractivity contribution is 7.86. The van der Waals surface area contributed by atoms with Crippen LogP contribution in [0.3, 0.4) is 0 Å². The van der Waals surface area contributed by atoms with Gasteiger partial charge in [-0.25, -0.2) is 4.79 Å². The van der Waals surface area contributed by atoms with E-state index in [1.54, 1.807) is 0 Å². The van der Waals surface area contributed by atoms with Crippen molar-refractivity contribution in [2.45, 2.75) is 51.7 Å². The van der Waals surface area contributed by atoms with Crippen molar-refractivity contribution in [3.05, 3.63) is 29.8 Å². The Morgan fingerprint density at radius 1 is 1.09 bits per heavy atom. The number of carbonyl (C=O) groups excluding carboxylic acids is 1. The van der Waals surface area contributed by atoms with Crippen molar-refractivity contribution in [1.82, 2.24) is 5.32 Å². The predicted octanol–water partition coefficient (Wildman–Crippen LogP) is 3.65. The molecular formula is C17H28N2O2S. The SMILES string of the molecule is CC(C)(C)c1ccccc1NC(=O)NCC[S@](=O)C(C)(C)C. The van der Waals surface area contributed by atoms with Crippen molar-refractivity contribution in [3.63, 3.8) is 0 Å². The zero-order valence-corrected chi connectivity index (χ0v) is 15.3. The lowest BCUT2D eigenvalue weighted by Gasteiger charge is -2.23. The van der Waals surface area contributed by atoms with Gasteiger partial charge in [-0.05, 0) is 37.8 Å². The van der Waals surface area contributed by atoms with Crippen molar-refractivity contribution in [1.29, 1.82) is 0 Å². The van der Waals surface area contributed by atoms with Crippen LogP contribution in [-0.4, -0.2) is 27.3 Å². The van der Waals surface area contributed by atoms with Gasteiger partial charge in [-0.2, -0.15) is 0 Å². The molecule has 124 valence electrons. The van der Waals surface area contributed by atoms with Crippen LogP contribution in [0, 0.1) is 0 Å². The number of benzene rings is 1. The monoisotopic (exact) mass is 324 g/mol. The van der Waals surface area contributed by atoms with E-state index in [1.165, 1.54) is 0 Å². The highest BCUT2D eigenvalue weighted by Gasteiger charge is 2.20. The average Bonchev–Trinajstić information content (AvgIpc) is 2.36. The fourth-order valence-corrected chi connectivity index (χ4v) is 2.88. The van der Waals surface area contributed by atoms with Crippen molar-refractivity contribution in [2.24, 2.45) is 0 Å². The van der Waals surface area contributed by atoms with Crippen LogP contribution < -0.4 is 10.6 Å². The highest BCUT2D eigenvalue weighted by Crippen LogP contribution is 2.29. The Hall–Kier alpha value is -1.36. The molecule has 1 aromatic carbocycles. The molecule has 2 amide bonds. The first-order valence-corrected chi connectivity index (χ1v) is 8.86. The van der Waals surface area contributed by atoms with E-state index in [2.05, 4.69) is 31.4 Å². The van der Waals surface area contributed by atoms with Crippen LogP contribution in [0.4, 0.5) is 10.5 Å². The molecular weight excluding hydrogens is 296 g/mol. The molecule has 5 heteroatoms. The van der Waals surface area contributed by atoms with Gasteiger partial charge in [0, 0.05) is 33.5 Å². The maximum atomic E-state index is 12.0. The second kappa shape index (κ2) is 7.27. The Morgan fingerprint density at radius 2 is 1.68 bits per heavy atom. The molecule has 0 aliphatic rings. The van der Waals surface area contributed by atoms with Gasteiger partial charge in [-0.1, -0.05) is 39.0 Å². The van der Waals surface area contributed by atoms with Crippen LogP contribution in [-0.2, 0) is 16.2 Å². The predicted molar refractivity (Wildman–Crippen MR) is 94.9 cm³/mol. The third-order valence-corrected chi connectivity index (χ3v) is 5.18. The van der Waals surface area contributed by atoms with Gasteiger partial charge in [0.25, 0.3) is 0 Å². The Balaban J connectivity index is 2.59. The third-order valence-electron chi connectivity index (χ3n) is 3.24. The Kier molecular flexibility index (Phi) is 6.17. The molecule has 0 aromatic heterocycles. The topological polar surface area (TPSA) is 58.2 Å². The lowest BCUT2D eigenvalue weighted by molar-refractivity contribution is 0.252. The molecule has 0 heterocycles. The van der Waals surface area contributed by atoms with E-state index in [4.69, 9.17) is 0 Å². The standard InChI is InChI=1S/C17H28N2O2S/c1-16(2,3)13-9-7-8-10-14(13)19-15(20)18-11-12-22(21)17(4,5)6/h7-10H,11-12H2,1-6H3,(H2,18,19,20)/t22-/m0/s1. The van der Waals surface area contributed by atoms with Gasteiger partial charge in [-0.15, -0.1) is 0 Å². The number of carbonyl (C=O) groups is 1. The van der Waals surface area contributed by atoms with Crippen LogP contribution >= 0.6 is 0 Å². The summed E-state index contributed by atoms with van der Waals surface area (Å²) in [6, 6.07) is 7.52. The van der Waals surface area contributed by atoms with Crippen LogP contribution in [0.1, 0.15) is 47.1 Å². The van der Waals surface area contributed by atoms with Gasteiger partial charge in [0.1, 0.15) is 0 Å². The number of hydrogen-bond acceptors (Lipinski definition) is 2. The lowest BCUT2D eigenvalue weighted by atomic mass is 9.86. The van der Waals surface area contributed by atoms with E-state index < -0.39 is 10.8 Å². The summed E-state index contributed by atoms with van der Waals surface area (Å²) in [5, 5.41) is 5.65. The number of urea groups is 1. The van der Waals surface area contributed by atoms with Crippen LogP contribution in [0.2, 0.25) is 0 Å². The van der Waals surface area contributed by atoms with Crippen LogP contribution in [0.25, 0.3) is 0 Å². The van der Waals surface area contributed by atoms with Crippen LogP contribution in [0.15, 0.2) is 24.3 Å². The number of hydrogen-bond donors (Lipinski definition) is 2. The van der Waals surface area contributed by atoms with Crippen molar-refractivity contribution < 1.29 is 9.00 Å². The molecule has 0 unspecified atom stereocenters. The number of rotatable bonds is 4. The first-order valence-electron chi connectivity index (χ1n) is 7.54. The molecule has 4 nitrogen and oxygen atoms in total. The van der Waals surface area contributed by atoms with Gasteiger partial charge in [-0.3, -0.25) is 4.21 Å². The van der Waals surface area contributed by atoms with Crippen LogP contribution in [0.5, 0.6) is 0 Å². The molecule has 0 aliphatic carbocycles. The molecule has 2 N–H and O–H groups in total. The molecule has 1 aromatic rings. The zero-order chi connectivity index (χ0) is 17.0. The number of para-hydroxylation sites is 1. The van der Waals surface area contributed by atoms with E-state index in [1.807, 2.05) is 45.0 Å². The van der Waals surface area contributed by atoms with Gasteiger partial charge < -0.3 is 10.6 Å². The number of amides is 2. The summed E-state index contributed by atoms with van der Waals surface area (Å²) in [5.74, 6) is 0.456. The maximum Gasteiger partial charge on any atom is 0.319 e. The zero-order valence-electron chi connectivity index (χ0n) is 14.4. The Labute approximate surface area is 136 Å². The molecule has 22 heavy (non-hydrogen) atoms. The molecule has 0 spiro atoms. The lowest BCUT2D eigenvalue weighted by Crippen LogP contribution is -2.35. The van der Waals surface area contributed by atoms with Gasteiger partial charge in [0.2, 0.25) is 0 Å². The molecule has 1 atom stereocenters. The summed E-state index contributed by atoms with van der Waals surface area (Å²) in [5.41, 5.74) is 1.85. The van der Waals surface area contributed by atoms with Gasteiger partial charge in [0.05, 0.1) is 0 Å². The Bertz CT molecular complexity index is 542. The quantitative estimate of drug-likeness (QED) is 0.888. The van der Waals surface area contributed by atoms with Crippen molar-refractivity contribution >= 4 is 22.5 Å². The molecule has 0 saturated carbocycles. The minimum Gasteiger partial charge on any atom is -0.337 e.